The highest BCUT2D eigenvalue weighted by Crippen LogP contribution is 2.37. The van der Waals surface area contributed by atoms with E-state index in [1.165, 1.54) is 14.2 Å². The van der Waals surface area contributed by atoms with E-state index in [1.54, 1.807) is 49.4 Å². The van der Waals surface area contributed by atoms with E-state index in [1.807, 2.05) is 36.4 Å². The number of benzene rings is 3. The molecule has 0 radical (unpaired) electrons. The van der Waals surface area contributed by atoms with Crippen molar-refractivity contribution in [3.05, 3.63) is 89.5 Å². The molecule has 6 nitrogen and oxygen atoms in total. The summed E-state index contributed by atoms with van der Waals surface area (Å²) < 4.78 is 10.9. The molecule has 0 aliphatic rings. The molecule has 0 saturated carbocycles. The topological polar surface area (TPSA) is 76.7 Å². The molecular formula is C25H24N2O4. The Kier molecular flexibility index (Phi) is 7.06. The molecule has 0 aromatic heterocycles. The lowest BCUT2D eigenvalue weighted by molar-refractivity contribution is -0.112. The fourth-order valence-corrected chi connectivity index (χ4v) is 2.96. The van der Waals surface area contributed by atoms with Crippen LogP contribution in [0.2, 0.25) is 0 Å². The van der Waals surface area contributed by atoms with Gasteiger partial charge in [0.05, 0.1) is 25.6 Å². The van der Waals surface area contributed by atoms with Gasteiger partial charge in [-0.15, -0.1) is 0 Å². The van der Waals surface area contributed by atoms with Gasteiger partial charge in [0.15, 0.2) is 0 Å². The first-order chi connectivity index (χ1) is 15.0. The summed E-state index contributed by atoms with van der Waals surface area (Å²) >= 11 is 0. The Morgan fingerprint density at radius 1 is 0.774 bits per heavy atom. The molecule has 31 heavy (non-hydrogen) atoms. The lowest BCUT2D eigenvalue weighted by Gasteiger charge is -2.16. The third-order valence-corrected chi connectivity index (χ3v) is 4.59. The van der Waals surface area contributed by atoms with Crippen LogP contribution in [0.3, 0.4) is 0 Å². The molecule has 0 heterocycles. The van der Waals surface area contributed by atoms with E-state index >= 15 is 0 Å². The summed E-state index contributed by atoms with van der Waals surface area (Å²) in [6.45, 7) is 1.74. The Morgan fingerprint density at radius 3 is 1.84 bits per heavy atom. The second-order valence-corrected chi connectivity index (χ2v) is 6.77. The molecule has 0 atom stereocenters. The zero-order valence-corrected chi connectivity index (χ0v) is 17.6. The molecule has 0 fully saturated rings. The Hall–Kier alpha value is -4.06. The van der Waals surface area contributed by atoms with E-state index in [-0.39, 0.29) is 11.8 Å². The number of rotatable bonds is 7. The van der Waals surface area contributed by atoms with Gasteiger partial charge in [-0.1, -0.05) is 48.5 Å². The standard InChI is InChI=1S/C25H24N2O4/c1-17(14-18-10-6-4-7-11-18)24(28)26-20-15-23(31-3)21(16-22(20)30-2)27-25(29)19-12-8-5-9-13-19/h4-16H,1-3H3,(H,26,28)(H,27,29)/b17-14+. The number of methoxy groups -OCH3 is 2. The highest BCUT2D eigenvalue weighted by molar-refractivity contribution is 6.08. The maximum absolute atomic E-state index is 12.7. The summed E-state index contributed by atoms with van der Waals surface area (Å²) in [6, 6.07) is 21.7. The fourth-order valence-electron chi connectivity index (χ4n) is 2.96. The minimum absolute atomic E-state index is 0.273. The molecule has 158 valence electrons. The Bertz CT molecular complexity index is 1090. The quantitative estimate of drug-likeness (QED) is 0.532. The summed E-state index contributed by atoms with van der Waals surface area (Å²) in [4.78, 5) is 25.2. The lowest BCUT2D eigenvalue weighted by Crippen LogP contribution is -2.15. The monoisotopic (exact) mass is 416 g/mol. The van der Waals surface area contributed by atoms with Gasteiger partial charge in [0.1, 0.15) is 11.5 Å². The smallest absolute Gasteiger partial charge is 0.255 e. The van der Waals surface area contributed by atoms with Crippen LogP contribution in [0.15, 0.2) is 78.4 Å². The maximum atomic E-state index is 12.7. The second-order valence-electron chi connectivity index (χ2n) is 6.77. The van der Waals surface area contributed by atoms with E-state index in [4.69, 9.17) is 9.47 Å². The molecule has 6 heteroatoms. The predicted molar refractivity (Wildman–Crippen MR) is 123 cm³/mol. The largest absolute Gasteiger partial charge is 0.494 e. The molecule has 0 aliphatic heterocycles. The predicted octanol–water partition coefficient (Wildman–Crippen LogP) is 5.00. The zero-order valence-electron chi connectivity index (χ0n) is 17.6. The van der Waals surface area contributed by atoms with E-state index < -0.39 is 0 Å². The SMILES string of the molecule is COc1cc(NC(=O)c2ccccc2)c(OC)cc1NC(=O)/C(C)=C/c1ccccc1. The van der Waals surface area contributed by atoms with Crippen molar-refractivity contribution in [2.45, 2.75) is 6.92 Å². The van der Waals surface area contributed by atoms with E-state index in [0.29, 0.717) is 34.0 Å². The van der Waals surface area contributed by atoms with Gasteiger partial charge in [-0.05, 0) is 30.7 Å². The Balaban J connectivity index is 1.83. The summed E-state index contributed by atoms with van der Waals surface area (Å²) in [5.41, 5.74) is 2.85. The highest BCUT2D eigenvalue weighted by atomic mass is 16.5. The molecule has 0 aliphatic carbocycles. The van der Waals surface area contributed by atoms with Crippen LogP contribution in [0.25, 0.3) is 6.08 Å². The molecule has 3 aromatic carbocycles. The molecule has 0 unspecified atom stereocenters. The maximum Gasteiger partial charge on any atom is 0.255 e. The van der Waals surface area contributed by atoms with Crippen molar-refractivity contribution in [1.82, 2.24) is 0 Å². The van der Waals surface area contributed by atoms with Gasteiger partial charge in [-0.25, -0.2) is 0 Å². The van der Waals surface area contributed by atoms with Gasteiger partial charge < -0.3 is 20.1 Å². The van der Waals surface area contributed by atoms with Gasteiger partial charge in [0.25, 0.3) is 11.8 Å². The first-order valence-electron chi connectivity index (χ1n) is 9.69. The minimum atomic E-state index is -0.278. The molecular weight excluding hydrogens is 392 g/mol. The van der Waals surface area contributed by atoms with Crippen molar-refractivity contribution < 1.29 is 19.1 Å². The Labute approximate surface area is 181 Å². The summed E-state index contributed by atoms with van der Waals surface area (Å²) in [5.74, 6) is 0.236. The number of carbonyl (C=O) groups excluding carboxylic acids is 2. The van der Waals surface area contributed by atoms with Crippen molar-refractivity contribution >= 4 is 29.3 Å². The van der Waals surface area contributed by atoms with Crippen molar-refractivity contribution in [2.24, 2.45) is 0 Å². The number of carbonyl (C=O) groups is 2. The lowest BCUT2D eigenvalue weighted by atomic mass is 10.1. The molecule has 0 saturated heterocycles. The van der Waals surface area contributed by atoms with Crippen molar-refractivity contribution in [1.29, 1.82) is 0 Å². The van der Waals surface area contributed by atoms with Gasteiger partial charge in [0.2, 0.25) is 0 Å². The number of hydrogen-bond acceptors (Lipinski definition) is 4. The third kappa shape index (κ3) is 5.51. The molecule has 3 aromatic rings. The van der Waals surface area contributed by atoms with E-state index in [2.05, 4.69) is 10.6 Å². The van der Waals surface area contributed by atoms with Gasteiger partial charge in [-0.2, -0.15) is 0 Å². The minimum Gasteiger partial charge on any atom is -0.494 e. The molecule has 2 amide bonds. The van der Waals surface area contributed by atoms with Crippen LogP contribution < -0.4 is 20.1 Å². The van der Waals surface area contributed by atoms with Gasteiger partial charge >= 0.3 is 0 Å². The highest BCUT2D eigenvalue weighted by Gasteiger charge is 2.16. The third-order valence-electron chi connectivity index (χ3n) is 4.59. The van der Waals surface area contributed by atoms with Crippen LogP contribution in [0, 0.1) is 0 Å². The number of ether oxygens (including phenoxy) is 2. The van der Waals surface area contributed by atoms with Crippen molar-refractivity contribution in [3.8, 4) is 11.5 Å². The van der Waals surface area contributed by atoms with Crippen LogP contribution in [0.5, 0.6) is 11.5 Å². The molecule has 0 spiro atoms. The molecule has 3 rings (SSSR count). The first kappa shape index (κ1) is 21.6. The number of nitrogens with one attached hydrogen (secondary N) is 2. The first-order valence-corrected chi connectivity index (χ1v) is 9.69. The average Bonchev–Trinajstić information content (AvgIpc) is 2.80. The second kappa shape index (κ2) is 10.1. The Morgan fingerprint density at radius 2 is 1.29 bits per heavy atom. The van der Waals surface area contributed by atoms with Crippen LogP contribution >= 0.6 is 0 Å². The fraction of sp³-hybridized carbons (Fsp3) is 0.120. The molecule has 2 N–H and O–H groups in total. The average molecular weight is 416 g/mol. The summed E-state index contributed by atoms with van der Waals surface area (Å²) in [5, 5.41) is 5.66. The molecule has 0 bridgehead atoms. The van der Waals surface area contributed by atoms with E-state index in [0.717, 1.165) is 5.56 Å². The number of amides is 2. The normalized spacial score (nSPS) is 10.9. The number of anilines is 2. The van der Waals surface area contributed by atoms with Crippen LogP contribution in [-0.4, -0.2) is 26.0 Å². The van der Waals surface area contributed by atoms with Gasteiger partial charge in [-0.3, -0.25) is 9.59 Å². The van der Waals surface area contributed by atoms with Crippen LogP contribution in [0.1, 0.15) is 22.8 Å². The van der Waals surface area contributed by atoms with E-state index in [9.17, 15) is 9.59 Å². The summed E-state index contributed by atoms with van der Waals surface area (Å²) in [6.07, 6.45) is 1.80. The zero-order chi connectivity index (χ0) is 22.2. The van der Waals surface area contributed by atoms with Crippen LogP contribution in [-0.2, 0) is 4.79 Å². The van der Waals surface area contributed by atoms with Crippen LogP contribution in [0.4, 0.5) is 11.4 Å². The van der Waals surface area contributed by atoms with Crippen molar-refractivity contribution in [3.63, 3.8) is 0 Å². The van der Waals surface area contributed by atoms with Crippen molar-refractivity contribution in [2.75, 3.05) is 24.9 Å². The van der Waals surface area contributed by atoms with Gasteiger partial charge in [0, 0.05) is 23.3 Å². The number of hydrogen-bond donors (Lipinski definition) is 2. The summed E-state index contributed by atoms with van der Waals surface area (Å²) in [7, 11) is 2.99.